The van der Waals surface area contributed by atoms with Crippen LogP contribution in [0.4, 0.5) is 0 Å². The standard InChI is InChI=1S/C7H6N3/c1-10-5-9-6-2-3-8-4-7(6)10/h2-4H,1H3. The van der Waals surface area contributed by atoms with Crippen LogP contribution in [0.3, 0.4) is 0 Å². The van der Waals surface area contributed by atoms with E-state index in [1.54, 1.807) is 12.4 Å². The van der Waals surface area contributed by atoms with Crippen LogP contribution >= 0.6 is 0 Å². The zero-order valence-corrected chi connectivity index (χ0v) is 5.57. The molecule has 0 saturated carbocycles. The minimum atomic E-state index is 0.942. The maximum Gasteiger partial charge on any atom is 0.177 e. The molecule has 0 fully saturated rings. The summed E-state index contributed by atoms with van der Waals surface area (Å²) in [6.45, 7) is 0. The normalized spacial score (nSPS) is 10.5. The van der Waals surface area contributed by atoms with Gasteiger partial charge in [-0.1, -0.05) is 0 Å². The molecule has 2 heterocycles. The number of imidazole rings is 1. The van der Waals surface area contributed by atoms with Crippen molar-refractivity contribution < 1.29 is 0 Å². The van der Waals surface area contributed by atoms with Gasteiger partial charge >= 0.3 is 0 Å². The van der Waals surface area contributed by atoms with Crippen molar-refractivity contribution in [1.29, 1.82) is 0 Å². The molecule has 0 bridgehead atoms. The summed E-state index contributed by atoms with van der Waals surface area (Å²) in [5.41, 5.74) is 1.96. The number of rotatable bonds is 0. The number of fused-ring (bicyclic) bond motifs is 1. The van der Waals surface area contributed by atoms with Gasteiger partial charge in [-0.3, -0.25) is 4.98 Å². The molecule has 3 nitrogen and oxygen atoms in total. The first kappa shape index (κ1) is 5.41. The van der Waals surface area contributed by atoms with Gasteiger partial charge in [-0.05, 0) is 6.07 Å². The Hall–Kier alpha value is -1.38. The highest BCUT2D eigenvalue weighted by molar-refractivity contribution is 5.73. The molecule has 0 atom stereocenters. The van der Waals surface area contributed by atoms with Crippen molar-refractivity contribution in [2.75, 3.05) is 0 Å². The van der Waals surface area contributed by atoms with Crippen LogP contribution in [0.25, 0.3) is 11.0 Å². The second-order valence-corrected chi connectivity index (χ2v) is 2.14. The lowest BCUT2D eigenvalue weighted by atomic mass is 10.4. The molecule has 2 rings (SSSR count). The van der Waals surface area contributed by atoms with E-state index >= 15 is 0 Å². The van der Waals surface area contributed by atoms with Crippen LogP contribution in [0, 0.1) is 6.33 Å². The van der Waals surface area contributed by atoms with E-state index in [9.17, 15) is 0 Å². The maximum atomic E-state index is 4.02. The summed E-state index contributed by atoms with van der Waals surface area (Å²) >= 11 is 0. The van der Waals surface area contributed by atoms with E-state index < -0.39 is 0 Å². The largest absolute Gasteiger partial charge is 0.323 e. The predicted octanol–water partition coefficient (Wildman–Crippen LogP) is 0.768. The fourth-order valence-corrected chi connectivity index (χ4v) is 0.914. The van der Waals surface area contributed by atoms with Crippen molar-refractivity contribution in [3.63, 3.8) is 0 Å². The molecule has 0 aliphatic heterocycles. The van der Waals surface area contributed by atoms with Gasteiger partial charge in [-0.15, -0.1) is 0 Å². The van der Waals surface area contributed by atoms with Crippen molar-refractivity contribution in [3.05, 3.63) is 24.8 Å². The first-order chi connectivity index (χ1) is 4.88. The fraction of sp³-hybridized carbons (Fsp3) is 0.143. The fourth-order valence-electron chi connectivity index (χ4n) is 0.914. The molecule has 0 spiro atoms. The Morgan fingerprint density at radius 1 is 1.60 bits per heavy atom. The molecule has 10 heavy (non-hydrogen) atoms. The summed E-state index contributed by atoms with van der Waals surface area (Å²) in [4.78, 5) is 7.98. The number of hydrogen-bond donors (Lipinski definition) is 0. The molecule has 0 saturated heterocycles. The molecule has 0 unspecified atom stereocenters. The summed E-state index contributed by atoms with van der Waals surface area (Å²) in [5, 5.41) is 0. The molecule has 0 aromatic carbocycles. The highest BCUT2D eigenvalue weighted by atomic mass is 15.0. The van der Waals surface area contributed by atoms with Crippen molar-refractivity contribution in [2.24, 2.45) is 7.05 Å². The van der Waals surface area contributed by atoms with Crippen LogP contribution in [0.2, 0.25) is 0 Å². The third-order valence-electron chi connectivity index (χ3n) is 1.46. The van der Waals surface area contributed by atoms with Gasteiger partial charge in [0.05, 0.1) is 17.2 Å². The van der Waals surface area contributed by atoms with E-state index in [0.717, 1.165) is 11.0 Å². The molecule has 2 aromatic heterocycles. The summed E-state index contributed by atoms with van der Waals surface area (Å²) in [6.07, 6.45) is 6.31. The lowest BCUT2D eigenvalue weighted by Gasteiger charge is -1.88. The van der Waals surface area contributed by atoms with Gasteiger partial charge in [-0.25, -0.2) is 4.98 Å². The van der Waals surface area contributed by atoms with Crippen LogP contribution in [-0.4, -0.2) is 14.5 Å². The Labute approximate surface area is 58.3 Å². The van der Waals surface area contributed by atoms with Gasteiger partial charge in [0.2, 0.25) is 0 Å². The zero-order chi connectivity index (χ0) is 6.97. The zero-order valence-electron chi connectivity index (χ0n) is 5.57. The van der Waals surface area contributed by atoms with Gasteiger partial charge in [-0.2, -0.15) is 0 Å². The van der Waals surface area contributed by atoms with Crippen molar-refractivity contribution in [3.8, 4) is 0 Å². The molecule has 0 aliphatic carbocycles. The van der Waals surface area contributed by atoms with E-state index in [1.807, 2.05) is 17.7 Å². The predicted molar refractivity (Wildman–Crippen MR) is 37.3 cm³/mol. The van der Waals surface area contributed by atoms with E-state index in [1.165, 1.54) is 0 Å². The smallest absolute Gasteiger partial charge is 0.177 e. The molecule has 0 aliphatic rings. The Kier molecular flexibility index (Phi) is 0.974. The topological polar surface area (TPSA) is 30.7 Å². The highest BCUT2D eigenvalue weighted by Gasteiger charge is 1.95. The van der Waals surface area contributed by atoms with Crippen molar-refractivity contribution >= 4 is 11.0 Å². The summed E-state index contributed by atoms with van der Waals surface area (Å²) < 4.78 is 1.82. The van der Waals surface area contributed by atoms with Crippen LogP contribution in [0.1, 0.15) is 0 Å². The Balaban J connectivity index is 2.93. The first-order valence-corrected chi connectivity index (χ1v) is 3.02. The summed E-state index contributed by atoms with van der Waals surface area (Å²) in [6, 6.07) is 1.87. The molecule has 0 amide bonds. The Morgan fingerprint density at radius 3 is 3.30 bits per heavy atom. The van der Waals surface area contributed by atoms with Gasteiger partial charge in [0.1, 0.15) is 0 Å². The van der Waals surface area contributed by atoms with E-state index in [-0.39, 0.29) is 0 Å². The first-order valence-electron chi connectivity index (χ1n) is 3.02. The molecular formula is C7H6N3. The molecule has 2 aromatic rings. The van der Waals surface area contributed by atoms with Crippen LogP contribution in [-0.2, 0) is 7.05 Å². The molecular weight excluding hydrogens is 126 g/mol. The van der Waals surface area contributed by atoms with Gasteiger partial charge in [0.15, 0.2) is 6.33 Å². The Bertz CT molecular complexity index is 350. The lowest BCUT2D eigenvalue weighted by molar-refractivity contribution is 0.933. The summed E-state index contributed by atoms with van der Waals surface area (Å²) in [7, 11) is 1.90. The average Bonchev–Trinajstić information content (AvgIpc) is 2.34. The number of hydrogen-bond acceptors (Lipinski definition) is 2. The highest BCUT2D eigenvalue weighted by Crippen LogP contribution is 2.06. The van der Waals surface area contributed by atoms with Crippen molar-refractivity contribution in [1.82, 2.24) is 14.5 Å². The number of pyridine rings is 1. The average molecular weight is 132 g/mol. The molecule has 1 radical (unpaired) electrons. The third-order valence-corrected chi connectivity index (χ3v) is 1.46. The van der Waals surface area contributed by atoms with Gasteiger partial charge in [0.25, 0.3) is 0 Å². The number of aryl methyl sites for hydroxylation is 1. The van der Waals surface area contributed by atoms with Crippen molar-refractivity contribution in [2.45, 2.75) is 0 Å². The second-order valence-electron chi connectivity index (χ2n) is 2.14. The monoisotopic (exact) mass is 132 g/mol. The minimum Gasteiger partial charge on any atom is -0.323 e. The quantitative estimate of drug-likeness (QED) is 0.530. The minimum absolute atomic E-state index is 0.942. The van der Waals surface area contributed by atoms with E-state index in [0.29, 0.717) is 0 Å². The molecule has 3 heteroatoms. The van der Waals surface area contributed by atoms with E-state index in [2.05, 4.69) is 16.3 Å². The summed E-state index contributed by atoms with van der Waals surface area (Å²) in [5.74, 6) is 0. The maximum absolute atomic E-state index is 4.02. The molecule has 0 N–H and O–H groups in total. The number of aromatic nitrogens is 3. The lowest BCUT2D eigenvalue weighted by Crippen LogP contribution is -1.83. The van der Waals surface area contributed by atoms with Gasteiger partial charge in [0, 0.05) is 13.2 Å². The second kappa shape index (κ2) is 1.80. The van der Waals surface area contributed by atoms with Crippen LogP contribution in [0.5, 0.6) is 0 Å². The Morgan fingerprint density at radius 2 is 2.50 bits per heavy atom. The SMILES string of the molecule is Cn1[c]nc2ccncc21. The van der Waals surface area contributed by atoms with Gasteiger partial charge < -0.3 is 4.57 Å². The number of nitrogens with zero attached hydrogens (tertiary/aromatic N) is 3. The van der Waals surface area contributed by atoms with Crippen LogP contribution in [0.15, 0.2) is 18.5 Å². The molecule has 49 valence electrons. The van der Waals surface area contributed by atoms with E-state index in [4.69, 9.17) is 0 Å². The van der Waals surface area contributed by atoms with Crippen LogP contribution < -0.4 is 0 Å². The third kappa shape index (κ3) is 0.603.